The van der Waals surface area contributed by atoms with E-state index in [1.165, 1.54) is 37.7 Å². The van der Waals surface area contributed by atoms with Crippen LogP contribution < -0.4 is 0 Å². The average molecular weight is 220 g/mol. The second-order valence-corrected chi connectivity index (χ2v) is 7.07. The number of epoxide rings is 1. The fraction of sp³-hybridized carbons (Fsp3) is 0.867. The molecule has 0 amide bonds. The minimum absolute atomic E-state index is 0.0770. The molecule has 2 saturated carbocycles. The van der Waals surface area contributed by atoms with Crippen LogP contribution in [0.15, 0.2) is 12.2 Å². The maximum atomic E-state index is 5.92. The molecule has 0 unspecified atom stereocenters. The van der Waals surface area contributed by atoms with Crippen LogP contribution >= 0.6 is 0 Å². The molecule has 1 saturated heterocycles. The number of fused-ring (bicyclic) bond motifs is 2. The van der Waals surface area contributed by atoms with Gasteiger partial charge in [-0.3, -0.25) is 0 Å². The van der Waals surface area contributed by atoms with Crippen molar-refractivity contribution in [3.05, 3.63) is 12.2 Å². The largest absolute Gasteiger partial charge is 0.364 e. The molecule has 1 spiro atoms. The van der Waals surface area contributed by atoms with Crippen molar-refractivity contribution in [1.82, 2.24) is 0 Å². The van der Waals surface area contributed by atoms with E-state index in [0.29, 0.717) is 10.8 Å². The van der Waals surface area contributed by atoms with Crippen LogP contribution in [0.5, 0.6) is 0 Å². The first-order valence-electron chi connectivity index (χ1n) is 6.75. The van der Waals surface area contributed by atoms with Crippen molar-refractivity contribution >= 4 is 0 Å². The van der Waals surface area contributed by atoms with Gasteiger partial charge in [0.2, 0.25) is 0 Å². The van der Waals surface area contributed by atoms with Gasteiger partial charge in [-0.1, -0.05) is 33.8 Å². The third kappa shape index (κ3) is 1.11. The van der Waals surface area contributed by atoms with Gasteiger partial charge in [-0.05, 0) is 42.6 Å². The van der Waals surface area contributed by atoms with Crippen LogP contribution in [0.1, 0.15) is 52.9 Å². The molecule has 2 aliphatic carbocycles. The molecule has 3 fully saturated rings. The van der Waals surface area contributed by atoms with Crippen molar-refractivity contribution in [2.75, 3.05) is 6.61 Å². The van der Waals surface area contributed by atoms with Crippen LogP contribution in [0.25, 0.3) is 0 Å². The fourth-order valence-electron chi connectivity index (χ4n) is 4.85. The molecule has 0 aromatic rings. The van der Waals surface area contributed by atoms with E-state index in [9.17, 15) is 0 Å². The molecule has 0 bridgehead atoms. The highest BCUT2D eigenvalue weighted by atomic mass is 16.6. The van der Waals surface area contributed by atoms with Gasteiger partial charge in [0, 0.05) is 5.41 Å². The predicted molar refractivity (Wildman–Crippen MR) is 66.3 cm³/mol. The second kappa shape index (κ2) is 2.93. The molecule has 0 aromatic carbocycles. The Morgan fingerprint density at radius 2 is 1.94 bits per heavy atom. The molecule has 16 heavy (non-hydrogen) atoms. The standard InChI is InChI=1S/C15H24O/c1-11-6-7-12-13(2,3)8-5-9-14(12,4)15(11)10-16-15/h12H,1,5-10H2,2-4H3/t12-,14-,15+/m0/s1. The van der Waals surface area contributed by atoms with Crippen molar-refractivity contribution in [3.63, 3.8) is 0 Å². The Morgan fingerprint density at radius 1 is 1.25 bits per heavy atom. The Bertz CT molecular complexity index is 337. The number of rotatable bonds is 0. The van der Waals surface area contributed by atoms with Gasteiger partial charge in [-0.15, -0.1) is 0 Å². The van der Waals surface area contributed by atoms with Gasteiger partial charge >= 0.3 is 0 Å². The zero-order chi connectivity index (χ0) is 11.6. The molecular formula is C15H24O. The van der Waals surface area contributed by atoms with Gasteiger partial charge in [0.15, 0.2) is 0 Å². The summed E-state index contributed by atoms with van der Waals surface area (Å²) in [7, 11) is 0. The first-order chi connectivity index (χ1) is 7.42. The quantitative estimate of drug-likeness (QED) is 0.445. The van der Waals surface area contributed by atoms with E-state index in [0.717, 1.165) is 12.5 Å². The van der Waals surface area contributed by atoms with Gasteiger partial charge < -0.3 is 4.74 Å². The fourth-order valence-corrected chi connectivity index (χ4v) is 4.85. The highest BCUT2D eigenvalue weighted by Gasteiger charge is 2.67. The zero-order valence-electron chi connectivity index (χ0n) is 10.9. The van der Waals surface area contributed by atoms with E-state index in [2.05, 4.69) is 27.4 Å². The summed E-state index contributed by atoms with van der Waals surface area (Å²) in [5.74, 6) is 0.821. The lowest BCUT2D eigenvalue weighted by atomic mass is 9.47. The van der Waals surface area contributed by atoms with E-state index < -0.39 is 0 Å². The normalized spacial score (nSPS) is 50.2. The monoisotopic (exact) mass is 220 g/mol. The molecule has 3 aliphatic rings. The summed E-state index contributed by atoms with van der Waals surface area (Å²) in [6, 6.07) is 0. The third-order valence-electron chi connectivity index (χ3n) is 5.89. The maximum Gasteiger partial charge on any atom is 0.118 e. The number of ether oxygens (including phenoxy) is 1. The highest BCUT2D eigenvalue weighted by molar-refractivity contribution is 5.31. The molecule has 1 aliphatic heterocycles. The summed E-state index contributed by atoms with van der Waals surface area (Å²) in [5, 5.41) is 0. The summed E-state index contributed by atoms with van der Waals surface area (Å²) in [6.45, 7) is 12.6. The number of hydrogen-bond donors (Lipinski definition) is 0. The van der Waals surface area contributed by atoms with Gasteiger partial charge in [0.25, 0.3) is 0 Å². The predicted octanol–water partition coefficient (Wildman–Crippen LogP) is 3.94. The van der Waals surface area contributed by atoms with Crippen molar-refractivity contribution in [2.24, 2.45) is 16.7 Å². The summed E-state index contributed by atoms with van der Waals surface area (Å²) in [4.78, 5) is 0. The minimum Gasteiger partial charge on any atom is -0.364 e. The molecule has 0 radical (unpaired) electrons. The van der Waals surface area contributed by atoms with Crippen LogP contribution in [0, 0.1) is 16.7 Å². The minimum atomic E-state index is 0.0770. The maximum absolute atomic E-state index is 5.92. The number of hydrogen-bond acceptors (Lipinski definition) is 1. The molecule has 1 heteroatoms. The molecular weight excluding hydrogens is 196 g/mol. The van der Waals surface area contributed by atoms with Gasteiger partial charge in [0.1, 0.15) is 5.60 Å². The van der Waals surface area contributed by atoms with Gasteiger partial charge in [-0.2, -0.15) is 0 Å². The zero-order valence-corrected chi connectivity index (χ0v) is 10.9. The van der Waals surface area contributed by atoms with Gasteiger partial charge in [0.05, 0.1) is 6.61 Å². The Balaban J connectivity index is 2.03. The lowest BCUT2D eigenvalue weighted by Gasteiger charge is -2.57. The lowest BCUT2D eigenvalue weighted by molar-refractivity contribution is -0.0643. The van der Waals surface area contributed by atoms with Crippen molar-refractivity contribution in [1.29, 1.82) is 0 Å². The second-order valence-electron chi connectivity index (χ2n) is 7.07. The van der Waals surface area contributed by atoms with Crippen LogP contribution in [-0.2, 0) is 4.74 Å². The molecule has 90 valence electrons. The molecule has 0 aromatic heterocycles. The lowest BCUT2D eigenvalue weighted by Crippen LogP contribution is -2.54. The Kier molecular flexibility index (Phi) is 1.98. The summed E-state index contributed by atoms with van der Waals surface area (Å²) in [5.41, 5.74) is 2.31. The summed E-state index contributed by atoms with van der Waals surface area (Å²) in [6.07, 6.45) is 6.59. The first-order valence-corrected chi connectivity index (χ1v) is 6.75. The highest BCUT2D eigenvalue weighted by Crippen LogP contribution is 2.67. The Hall–Kier alpha value is -0.300. The van der Waals surface area contributed by atoms with Crippen molar-refractivity contribution < 1.29 is 4.74 Å². The Labute approximate surface area is 99.3 Å². The topological polar surface area (TPSA) is 12.5 Å². The van der Waals surface area contributed by atoms with E-state index in [1.54, 1.807) is 0 Å². The van der Waals surface area contributed by atoms with E-state index in [1.807, 2.05) is 0 Å². The molecule has 1 heterocycles. The van der Waals surface area contributed by atoms with Crippen molar-refractivity contribution in [2.45, 2.75) is 58.5 Å². The summed E-state index contributed by atoms with van der Waals surface area (Å²) < 4.78 is 5.92. The van der Waals surface area contributed by atoms with E-state index in [-0.39, 0.29) is 5.60 Å². The van der Waals surface area contributed by atoms with Crippen LogP contribution in [0.2, 0.25) is 0 Å². The van der Waals surface area contributed by atoms with Gasteiger partial charge in [-0.25, -0.2) is 0 Å². The van der Waals surface area contributed by atoms with Crippen LogP contribution in [0.4, 0.5) is 0 Å². The summed E-state index contributed by atoms with van der Waals surface area (Å²) >= 11 is 0. The molecule has 3 rings (SSSR count). The smallest absolute Gasteiger partial charge is 0.118 e. The van der Waals surface area contributed by atoms with Crippen LogP contribution in [0.3, 0.4) is 0 Å². The van der Waals surface area contributed by atoms with E-state index >= 15 is 0 Å². The third-order valence-corrected chi connectivity index (χ3v) is 5.89. The first kappa shape index (κ1) is 10.8. The molecule has 3 atom stereocenters. The van der Waals surface area contributed by atoms with E-state index in [4.69, 9.17) is 4.74 Å². The molecule has 0 N–H and O–H groups in total. The molecule has 1 nitrogen and oxygen atoms in total. The SMILES string of the molecule is C=C1CC[C@H]2C(C)(C)CCC[C@]2(C)[C@@]12CO2. The van der Waals surface area contributed by atoms with Crippen molar-refractivity contribution in [3.8, 4) is 0 Å². The Morgan fingerprint density at radius 3 is 2.56 bits per heavy atom. The van der Waals surface area contributed by atoms with Crippen LogP contribution in [-0.4, -0.2) is 12.2 Å². The average Bonchev–Trinajstić information content (AvgIpc) is 2.94.